The molecule has 2 nitrogen and oxygen atoms in total. The summed E-state index contributed by atoms with van der Waals surface area (Å²) in [5, 5.41) is 7.40. The molecule has 0 fully saturated rings. The van der Waals surface area contributed by atoms with Crippen LogP contribution < -0.4 is 10.5 Å². The van der Waals surface area contributed by atoms with Crippen molar-refractivity contribution in [2.75, 3.05) is 12.8 Å². The Kier molecular flexibility index (Phi) is 3.10. The van der Waals surface area contributed by atoms with Crippen molar-refractivity contribution in [3.05, 3.63) is 72.3 Å². The molecule has 0 bridgehead atoms. The summed E-state index contributed by atoms with van der Waals surface area (Å²) in [5.74, 6) is 0.886. The Hall–Kier alpha value is -3.26. The van der Waals surface area contributed by atoms with Crippen molar-refractivity contribution in [3.8, 4) is 16.9 Å². The summed E-state index contributed by atoms with van der Waals surface area (Å²) in [6.07, 6.45) is 0. The van der Waals surface area contributed by atoms with E-state index in [2.05, 4.69) is 55.5 Å². The molecular formula is C24H19NO. The lowest BCUT2D eigenvalue weighted by atomic mass is 9.86. The van der Waals surface area contributed by atoms with E-state index in [4.69, 9.17) is 10.5 Å². The minimum absolute atomic E-state index is 0.761. The Morgan fingerprint density at radius 3 is 2.31 bits per heavy atom. The van der Waals surface area contributed by atoms with Gasteiger partial charge in [0.05, 0.1) is 7.11 Å². The van der Waals surface area contributed by atoms with Crippen molar-refractivity contribution >= 4 is 38.0 Å². The van der Waals surface area contributed by atoms with Crippen LogP contribution in [0, 0.1) is 6.92 Å². The average molecular weight is 337 g/mol. The number of ether oxygens (including phenoxy) is 1. The molecule has 0 heterocycles. The number of rotatable bonds is 2. The van der Waals surface area contributed by atoms with Crippen LogP contribution in [-0.2, 0) is 0 Å². The topological polar surface area (TPSA) is 35.2 Å². The van der Waals surface area contributed by atoms with Gasteiger partial charge in [0.1, 0.15) is 5.75 Å². The van der Waals surface area contributed by atoms with Crippen molar-refractivity contribution in [2.45, 2.75) is 6.92 Å². The quantitative estimate of drug-likeness (QED) is 0.310. The third-order valence-electron chi connectivity index (χ3n) is 5.38. The molecule has 0 aliphatic rings. The molecule has 0 radical (unpaired) electrons. The lowest BCUT2D eigenvalue weighted by Crippen LogP contribution is -1.97. The van der Waals surface area contributed by atoms with Gasteiger partial charge in [0, 0.05) is 27.6 Å². The molecule has 0 aliphatic carbocycles. The van der Waals surface area contributed by atoms with E-state index >= 15 is 0 Å². The second kappa shape index (κ2) is 5.37. The van der Waals surface area contributed by atoms with Crippen LogP contribution in [0.4, 0.5) is 5.69 Å². The predicted octanol–water partition coefficient (Wildman–Crippen LogP) is 6.15. The molecule has 5 rings (SSSR count). The second-order valence-corrected chi connectivity index (χ2v) is 6.82. The number of methoxy groups -OCH3 is 1. The zero-order valence-electron chi connectivity index (χ0n) is 14.8. The third-order valence-corrected chi connectivity index (χ3v) is 5.38. The van der Waals surface area contributed by atoms with Crippen LogP contribution in [0.1, 0.15) is 5.56 Å². The summed E-state index contributed by atoms with van der Waals surface area (Å²) in [6.45, 7) is 2.18. The Morgan fingerprint density at radius 1 is 0.769 bits per heavy atom. The smallest absolute Gasteiger partial charge is 0.135 e. The fraction of sp³-hybridized carbons (Fsp3) is 0.0833. The molecule has 126 valence electrons. The Balaban J connectivity index is 2.14. The van der Waals surface area contributed by atoms with Crippen LogP contribution in [-0.4, -0.2) is 7.11 Å². The molecular weight excluding hydrogens is 318 g/mol. The van der Waals surface area contributed by atoms with Crippen molar-refractivity contribution in [1.29, 1.82) is 0 Å². The first kappa shape index (κ1) is 15.0. The van der Waals surface area contributed by atoms with Crippen LogP contribution in [0.2, 0.25) is 0 Å². The van der Waals surface area contributed by atoms with Gasteiger partial charge in [-0.05, 0) is 40.1 Å². The van der Waals surface area contributed by atoms with Gasteiger partial charge >= 0.3 is 0 Å². The number of anilines is 1. The number of nitrogen functional groups attached to an aromatic ring is 1. The fourth-order valence-corrected chi connectivity index (χ4v) is 4.29. The molecule has 0 amide bonds. The van der Waals surface area contributed by atoms with Gasteiger partial charge in [0.2, 0.25) is 0 Å². The van der Waals surface area contributed by atoms with Gasteiger partial charge in [-0.1, -0.05) is 60.7 Å². The van der Waals surface area contributed by atoms with Gasteiger partial charge in [-0.2, -0.15) is 0 Å². The Labute approximate surface area is 152 Å². The van der Waals surface area contributed by atoms with Crippen LogP contribution in [0.5, 0.6) is 5.75 Å². The molecule has 2 N–H and O–H groups in total. The molecule has 0 unspecified atom stereocenters. The highest BCUT2D eigenvalue weighted by atomic mass is 16.5. The molecule has 2 heteroatoms. The van der Waals surface area contributed by atoms with Gasteiger partial charge in [0.25, 0.3) is 0 Å². The molecule has 0 spiro atoms. The SMILES string of the molecule is COc1c(-c2ccccc2N)c2cccc3c(C)cc4cccc1c4c32. The highest BCUT2D eigenvalue weighted by molar-refractivity contribution is 6.29. The second-order valence-electron chi connectivity index (χ2n) is 6.82. The monoisotopic (exact) mass is 337 g/mol. The summed E-state index contributed by atoms with van der Waals surface area (Å²) < 4.78 is 5.95. The van der Waals surface area contributed by atoms with Crippen molar-refractivity contribution in [1.82, 2.24) is 0 Å². The van der Waals surface area contributed by atoms with Gasteiger partial charge < -0.3 is 10.5 Å². The molecule has 0 aromatic heterocycles. The third kappa shape index (κ3) is 1.87. The lowest BCUT2D eigenvalue weighted by Gasteiger charge is -2.20. The number of para-hydroxylation sites is 1. The maximum Gasteiger partial charge on any atom is 0.135 e. The molecule has 0 saturated heterocycles. The van der Waals surface area contributed by atoms with E-state index in [9.17, 15) is 0 Å². The summed E-state index contributed by atoms with van der Waals surface area (Å²) in [6, 6.07) is 23.2. The first-order valence-electron chi connectivity index (χ1n) is 8.79. The van der Waals surface area contributed by atoms with Crippen LogP contribution >= 0.6 is 0 Å². The van der Waals surface area contributed by atoms with Gasteiger partial charge in [-0.3, -0.25) is 0 Å². The number of nitrogens with two attached hydrogens (primary N) is 1. The molecule has 5 aromatic carbocycles. The summed E-state index contributed by atoms with van der Waals surface area (Å²) in [5.41, 5.74) is 10.5. The molecule has 26 heavy (non-hydrogen) atoms. The highest BCUT2D eigenvalue weighted by Gasteiger charge is 2.21. The van der Waals surface area contributed by atoms with E-state index in [1.54, 1.807) is 7.11 Å². The number of hydrogen-bond donors (Lipinski definition) is 1. The lowest BCUT2D eigenvalue weighted by molar-refractivity contribution is 0.422. The summed E-state index contributed by atoms with van der Waals surface area (Å²) in [7, 11) is 1.74. The first-order valence-corrected chi connectivity index (χ1v) is 8.79. The molecule has 0 aliphatic heterocycles. The maximum absolute atomic E-state index is 6.35. The zero-order valence-corrected chi connectivity index (χ0v) is 14.8. The van der Waals surface area contributed by atoms with E-state index in [1.807, 2.05) is 18.2 Å². The van der Waals surface area contributed by atoms with Gasteiger partial charge in [0.15, 0.2) is 0 Å². The zero-order chi connectivity index (χ0) is 17.8. The molecule has 0 atom stereocenters. The van der Waals surface area contributed by atoms with E-state index in [1.165, 1.54) is 32.5 Å². The Morgan fingerprint density at radius 2 is 1.50 bits per heavy atom. The van der Waals surface area contributed by atoms with Crippen molar-refractivity contribution in [2.24, 2.45) is 0 Å². The standard InChI is InChI=1S/C24H19NO/c1-14-13-15-7-5-11-19-21(15)22-16(14)9-6-10-18(22)23(24(19)26-2)17-8-3-4-12-20(17)25/h3-13H,25H2,1-2H3. The van der Waals surface area contributed by atoms with E-state index in [0.29, 0.717) is 0 Å². The van der Waals surface area contributed by atoms with Crippen LogP contribution in [0.25, 0.3) is 43.4 Å². The van der Waals surface area contributed by atoms with Gasteiger partial charge in [-0.15, -0.1) is 0 Å². The highest BCUT2D eigenvalue weighted by Crippen LogP contribution is 2.48. The normalized spacial score (nSPS) is 11.6. The number of benzene rings is 5. The molecule has 5 aromatic rings. The van der Waals surface area contributed by atoms with E-state index in [0.717, 1.165) is 28.0 Å². The van der Waals surface area contributed by atoms with Crippen molar-refractivity contribution < 1.29 is 4.74 Å². The minimum Gasteiger partial charge on any atom is -0.495 e. The number of aryl methyl sites for hydroxylation is 1. The van der Waals surface area contributed by atoms with Crippen molar-refractivity contribution in [3.63, 3.8) is 0 Å². The summed E-state index contributed by atoms with van der Waals surface area (Å²) >= 11 is 0. The molecule has 0 saturated carbocycles. The Bertz CT molecular complexity index is 1290. The van der Waals surface area contributed by atoms with Crippen LogP contribution in [0.15, 0.2) is 66.7 Å². The van der Waals surface area contributed by atoms with Crippen LogP contribution in [0.3, 0.4) is 0 Å². The minimum atomic E-state index is 0.761. The first-order chi connectivity index (χ1) is 12.7. The van der Waals surface area contributed by atoms with Gasteiger partial charge in [-0.25, -0.2) is 0 Å². The average Bonchev–Trinajstić information content (AvgIpc) is 2.66. The number of hydrogen-bond acceptors (Lipinski definition) is 2. The largest absolute Gasteiger partial charge is 0.495 e. The maximum atomic E-state index is 6.35. The van der Waals surface area contributed by atoms with E-state index in [-0.39, 0.29) is 0 Å². The predicted molar refractivity (Wildman–Crippen MR) is 111 cm³/mol. The summed E-state index contributed by atoms with van der Waals surface area (Å²) in [4.78, 5) is 0. The fourth-order valence-electron chi connectivity index (χ4n) is 4.29. The van der Waals surface area contributed by atoms with E-state index < -0.39 is 0 Å².